The van der Waals surface area contributed by atoms with Crippen LogP contribution < -0.4 is 10.6 Å². The molecule has 19 heavy (non-hydrogen) atoms. The number of hydrogen-bond donors (Lipinski definition) is 2. The van der Waals surface area contributed by atoms with Gasteiger partial charge in [-0.15, -0.1) is 0 Å². The van der Waals surface area contributed by atoms with Crippen LogP contribution in [0.2, 0.25) is 0 Å². The van der Waals surface area contributed by atoms with Crippen molar-refractivity contribution in [1.29, 1.82) is 0 Å². The first kappa shape index (κ1) is 15.7. The molecule has 4 nitrogen and oxygen atoms in total. The van der Waals surface area contributed by atoms with Crippen molar-refractivity contribution in [2.24, 2.45) is 0 Å². The number of rotatable bonds is 9. The van der Waals surface area contributed by atoms with Crippen LogP contribution in [-0.2, 0) is 6.42 Å². The summed E-state index contributed by atoms with van der Waals surface area (Å²) in [4.78, 5) is 8.83. The Balaban J connectivity index is 2.94. The number of hydrogen-bond acceptors (Lipinski definition) is 4. The van der Waals surface area contributed by atoms with E-state index in [-0.39, 0.29) is 0 Å². The average Bonchev–Trinajstić information content (AvgIpc) is 2.44. The molecule has 1 aromatic heterocycles. The zero-order valence-electron chi connectivity index (χ0n) is 12.8. The average molecular weight is 264 g/mol. The van der Waals surface area contributed by atoms with Crippen molar-refractivity contribution in [3.05, 3.63) is 11.9 Å². The number of nitrogens with one attached hydrogen (secondary N) is 2. The maximum Gasteiger partial charge on any atom is 0.134 e. The summed E-state index contributed by atoms with van der Waals surface area (Å²) in [7, 11) is 0. The van der Waals surface area contributed by atoms with E-state index in [2.05, 4.69) is 48.3 Å². The van der Waals surface area contributed by atoms with Gasteiger partial charge in [0.2, 0.25) is 0 Å². The lowest BCUT2D eigenvalue weighted by molar-refractivity contribution is 0.666. The Morgan fingerprint density at radius 3 is 2.26 bits per heavy atom. The van der Waals surface area contributed by atoms with Gasteiger partial charge in [0, 0.05) is 18.2 Å². The highest BCUT2D eigenvalue weighted by Crippen LogP contribution is 2.23. The quantitative estimate of drug-likeness (QED) is 0.711. The molecule has 0 spiro atoms. The molecule has 4 heteroatoms. The van der Waals surface area contributed by atoms with Crippen molar-refractivity contribution in [3.63, 3.8) is 0 Å². The van der Waals surface area contributed by atoms with Crippen molar-refractivity contribution in [2.75, 3.05) is 17.2 Å². The van der Waals surface area contributed by atoms with Gasteiger partial charge in [-0.2, -0.15) is 0 Å². The summed E-state index contributed by atoms with van der Waals surface area (Å²) in [5.41, 5.74) is 1.23. The van der Waals surface area contributed by atoms with E-state index >= 15 is 0 Å². The van der Waals surface area contributed by atoms with E-state index < -0.39 is 0 Å². The second-order valence-electron chi connectivity index (χ2n) is 4.88. The molecule has 0 atom stereocenters. The first-order valence-corrected chi connectivity index (χ1v) is 7.60. The molecule has 0 fully saturated rings. The maximum absolute atomic E-state index is 4.44. The van der Waals surface area contributed by atoms with Crippen LogP contribution in [0.25, 0.3) is 0 Å². The van der Waals surface area contributed by atoms with E-state index in [1.807, 2.05) is 0 Å². The SMILES string of the molecule is CCCNc1ncnc(NC(CC)CC)c1CCC. The van der Waals surface area contributed by atoms with Crippen LogP contribution in [0.1, 0.15) is 58.9 Å². The summed E-state index contributed by atoms with van der Waals surface area (Å²) < 4.78 is 0. The molecule has 0 radical (unpaired) electrons. The largest absolute Gasteiger partial charge is 0.370 e. The third kappa shape index (κ3) is 4.69. The van der Waals surface area contributed by atoms with Gasteiger partial charge in [-0.1, -0.05) is 34.1 Å². The van der Waals surface area contributed by atoms with Gasteiger partial charge >= 0.3 is 0 Å². The van der Waals surface area contributed by atoms with Crippen LogP contribution >= 0.6 is 0 Å². The van der Waals surface area contributed by atoms with Crippen LogP contribution in [0.15, 0.2) is 6.33 Å². The minimum Gasteiger partial charge on any atom is -0.370 e. The van der Waals surface area contributed by atoms with Crippen LogP contribution in [0.4, 0.5) is 11.6 Å². The Labute approximate surface area is 117 Å². The van der Waals surface area contributed by atoms with Crippen LogP contribution in [0.5, 0.6) is 0 Å². The minimum atomic E-state index is 0.490. The zero-order valence-corrected chi connectivity index (χ0v) is 12.8. The Kier molecular flexibility index (Phi) is 7.23. The smallest absolute Gasteiger partial charge is 0.134 e. The Morgan fingerprint density at radius 1 is 1.00 bits per heavy atom. The molecule has 0 amide bonds. The first-order chi connectivity index (χ1) is 9.26. The fourth-order valence-electron chi connectivity index (χ4n) is 2.11. The molecule has 0 unspecified atom stereocenters. The first-order valence-electron chi connectivity index (χ1n) is 7.60. The van der Waals surface area contributed by atoms with Gasteiger partial charge in [0.1, 0.15) is 18.0 Å². The van der Waals surface area contributed by atoms with E-state index in [0.717, 1.165) is 50.3 Å². The third-order valence-corrected chi connectivity index (χ3v) is 3.31. The Morgan fingerprint density at radius 2 is 1.68 bits per heavy atom. The van der Waals surface area contributed by atoms with Gasteiger partial charge in [0.15, 0.2) is 0 Å². The van der Waals surface area contributed by atoms with Crippen molar-refractivity contribution < 1.29 is 0 Å². The van der Waals surface area contributed by atoms with Crippen LogP contribution in [0, 0.1) is 0 Å². The highest BCUT2D eigenvalue weighted by atomic mass is 15.1. The zero-order chi connectivity index (χ0) is 14.1. The fraction of sp³-hybridized carbons (Fsp3) is 0.733. The maximum atomic E-state index is 4.44. The molecule has 1 aromatic rings. The molecule has 0 bridgehead atoms. The van der Waals surface area contributed by atoms with Gasteiger partial charge < -0.3 is 10.6 Å². The van der Waals surface area contributed by atoms with E-state index in [1.54, 1.807) is 6.33 Å². The Hall–Kier alpha value is -1.32. The van der Waals surface area contributed by atoms with Crippen LogP contribution in [-0.4, -0.2) is 22.6 Å². The van der Waals surface area contributed by atoms with E-state index in [4.69, 9.17) is 0 Å². The number of nitrogens with zero attached hydrogens (tertiary/aromatic N) is 2. The number of anilines is 2. The summed E-state index contributed by atoms with van der Waals surface area (Å²) in [6.45, 7) is 9.73. The molecular formula is C15H28N4. The van der Waals surface area contributed by atoms with E-state index in [9.17, 15) is 0 Å². The topological polar surface area (TPSA) is 49.8 Å². The van der Waals surface area contributed by atoms with Gasteiger partial charge in [-0.25, -0.2) is 9.97 Å². The summed E-state index contributed by atoms with van der Waals surface area (Å²) in [5.74, 6) is 2.00. The lowest BCUT2D eigenvalue weighted by Gasteiger charge is -2.19. The van der Waals surface area contributed by atoms with Crippen LogP contribution in [0.3, 0.4) is 0 Å². The molecule has 0 aliphatic rings. The van der Waals surface area contributed by atoms with E-state index in [0.29, 0.717) is 6.04 Å². The van der Waals surface area contributed by atoms with Crippen molar-refractivity contribution in [2.45, 2.75) is 65.8 Å². The van der Waals surface area contributed by atoms with Gasteiger partial charge in [-0.05, 0) is 25.7 Å². The molecule has 0 aliphatic heterocycles. The monoisotopic (exact) mass is 264 g/mol. The highest BCUT2D eigenvalue weighted by Gasteiger charge is 2.12. The lowest BCUT2D eigenvalue weighted by Crippen LogP contribution is -2.20. The molecule has 0 saturated carbocycles. The van der Waals surface area contributed by atoms with Gasteiger partial charge in [-0.3, -0.25) is 0 Å². The fourth-order valence-corrected chi connectivity index (χ4v) is 2.11. The molecule has 108 valence electrons. The summed E-state index contributed by atoms with van der Waals surface area (Å²) in [5, 5.41) is 6.96. The van der Waals surface area contributed by atoms with Crippen molar-refractivity contribution >= 4 is 11.6 Å². The molecule has 2 N–H and O–H groups in total. The minimum absolute atomic E-state index is 0.490. The normalized spacial score (nSPS) is 10.8. The second-order valence-corrected chi connectivity index (χ2v) is 4.88. The van der Waals surface area contributed by atoms with Crippen molar-refractivity contribution in [1.82, 2.24) is 9.97 Å². The van der Waals surface area contributed by atoms with Crippen molar-refractivity contribution in [3.8, 4) is 0 Å². The molecule has 0 aliphatic carbocycles. The predicted molar refractivity (Wildman–Crippen MR) is 82.8 cm³/mol. The molecule has 1 heterocycles. The molecule has 0 aromatic carbocycles. The molecular weight excluding hydrogens is 236 g/mol. The molecule has 0 saturated heterocycles. The Bertz CT molecular complexity index is 361. The number of aromatic nitrogens is 2. The predicted octanol–water partition coefficient (Wildman–Crippen LogP) is 3.85. The standard InChI is InChI=1S/C15H28N4/c1-5-9-13-14(16-10-6-2)17-11-18-15(13)19-12(7-3)8-4/h11-12H,5-10H2,1-4H3,(H2,16,17,18,19). The summed E-state index contributed by atoms with van der Waals surface area (Å²) in [6.07, 6.45) is 7.10. The summed E-state index contributed by atoms with van der Waals surface area (Å²) >= 11 is 0. The second kappa shape index (κ2) is 8.73. The van der Waals surface area contributed by atoms with Gasteiger partial charge in [0.25, 0.3) is 0 Å². The molecule has 1 rings (SSSR count). The summed E-state index contributed by atoms with van der Waals surface area (Å²) in [6, 6.07) is 0.490. The highest BCUT2D eigenvalue weighted by molar-refractivity contribution is 5.57. The lowest BCUT2D eigenvalue weighted by atomic mass is 10.1. The van der Waals surface area contributed by atoms with E-state index in [1.165, 1.54) is 5.56 Å². The van der Waals surface area contributed by atoms with Gasteiger partial charge in [0.05, 0.1) is 0 Å². The third-order valence-electron chi connectivity index (χ3n) is 3.31.